The van der Waals surface area contributed by atoms with Crippen LogP contribution in [0.25, 0.3) is 90.9 Å². The van der Waals surface area contributed by atoms with Crippen LogP contribution in [0.4, 0.5) is 0 Å². The number of hydrogen-bond acceptors (Lipinski definition) is 2. The van der Waals surface area contributed by atoms with E-state index < -0.39 is 0 Å². The molecule has 0 fully saturated rings. The molecule has 0 radical (unpaired) electrons. The zero-order chi connectivity index (χ0) is 35.6. The molecule has 250 valence electrons. The molecule has 4 nitrogen and oxygen atoms in total. The molecule has 0 bridgehead atoms. The van der Waals surface area contributed by atoms with Gasteiger partial charge in [-0.3, -0.25) is 9.97 Å². The molecule has 0 atom stereocenters. The highest BCUT2D eigenvalue weighted by atomic mass is 15.0. The van der Waals surface area contributed by atoms with Gasteiger partial charge in [0, 0.05) is 63.6 Å². The van der Waals surface area contributed by atoms with E-state index in [0.717, 1.165) is 89.1 Å². The Bertz CT molecular complexity index is 2490. The highest BCUT2D eigenvalue weighted by Gasteiger charge is 2.20. The van der Waals surface area contributed by atoms with E-state index in [-0.39, 0.29) is 0 Å². The van der Waals surface area contributed by atoms with Crippen molar-refractivity contribution in [3.8, 4) is 44.8 Å². The molecule has 0 N–H and O–H groups in total. The fourth-order valence-corrected chi connectivity index (χ4v) is 7.42. The zero-order valence-electron chi connectivity index (χ0n) is 29.4. The first-order valence-corrected chi connectivity index (χ1v) is 17.5. The molecule has 0 spiro atoms. The van der Waals surface area contributed by atoms with Crippen LogP contribution >= 0.6 is 0 Å². The van der Waals surface area contributed by atoms with E-state index in [2.05, 4.69) is 174 Å². The van der Waals surface area contributed by atoms with Gasteiger partial charge in [-0.25, -0.2) is 0 Å². The molecule has 4 aromatic carbocycles. The summed E-state index contributed by atoms with van der Waals surface area (Å²) in [6.07, 6.45) is 19.9. The van der Waals surface area contributed by atoms with Crippen LogP contribution < -0.4 is 0 Å². The molecule has 4 heterocycles. The summed E-state index contributed by atoms with van der Waals surface area (Å²) < 4.78 is 4.73. The first-order valence-electron chi connectivity index (χ1n) is 17.5. The lowest BCUT2D eigenvalue weighted by molar-refractivity contribution is 1.07. The Morgan fingerprint density at radius 2 is 0.981 bits per heavy atom. The molecule has 52 heavy (non-hydrogen) atoms. The van der Waals surface area contributed by atoms with Crippen LogP contribution in [0.1, 0.15) is 36.4 Å². The van der Waals surface area contributed by atoms with Gasteiger partial charge in [-0.05, 0) is 121 Å². The Kier molecular flexibility index (Phi) is 8.64. The summed E-state index contributed by atoms with van der Waals surface area (Å²) in [6, 6.07) is 39.1. The molecule has 0 saturated heterocycles. The lowest BCUT2D eigenvalue weighted by Crippen LogP contribution is -2.03. The van der Waals surface area contributed by atoms with Crippen molar-refractivity contribution in [1.82, 2.24) is 19.1 Å². The molecular formula is C48H38N4. The molecular weight excluding hydrogens is 633 g/mol. The normalized spacial score (nSPS) is 11.7. The van der Waals surface area contributed by atoms with Gasteiger partial charge in [-0.15, -0.1) is 0 Å². The van der Waals surface area contributed by atoms with E-state index in [1.54, 1.807) is 0 Å². The molecule has 0 aliphatic heterocycles. The number of aromatic nitrogens is 4. The van der Waals surface area contributed by atoms with Crippen LogP contribution in [0.15, 0.2) is 159 Å². The van der Waals surface area contributed by atoms with Crippen molar-refractivity contribution in [1.29, 1.82) is 0 Å². The number of hydrogen-bond donors (Lipinski definition) is 0. The molecule has 0 aliphatic rings. The van der Waals surface area contributed by atoms with Crippen LogP contribution in [-0.2, 0) is 0 Å². The lowest BCUT2D eigenvalue weighted by Gasteiger charge is -2.18. The molecule has 4 heteroatoms. The Hall–Kier alpha value is -6.78. The van der Waals surface area contributed by atoms with E-state index in [1.165, 1.54) is 0 Å². The van der Waals surface area contributed by atoms with Crippen molar-refractivity contribution in [2.24, 2.45) is 0 Å². The average Bonchev–Trinajstić information content (AvgIpc) is 3.69. The highest BCUT2D eigenvalue weighted by molar-refractivity contribution is 5.97. The number of fused-ring (bicyclic) bond motifs is 2. The topological polar surface area (TPSA) is 35.6 Å². The minimum atomic E-state index is 1.05. The largest absolute Gasteiger partial charge is 0.309 e. The molecule has 0 saturated carbocycles. The minimum Gasteiger partial charge on any atom is -0.309 e. The Morgan fingerprint density at radius 1 is 0.481 bits per heavy atom. The maximum absolute atomic E-state index is 4.46. The van der Waals surface area contributed by atoms with Gasteiger partial charge < -0.3 is 9.13 Å². The van der Waals surface area contributed by atoms with Crippen LogP contribution in [0.2, 0.25) is 0 Å². The van der Waals surface area contributed by atoms with Crippen molar-refractivity contribution >= 4 is 46.1 Å². The smallest absolute Gasteiger partial charge is 0.0541 e. The fraction of sp³-hybridized carbons (Fsp3) is 0.0417. The third-order valence-corrected chi connectivity index (χ3v) is 9.66. The van der Waals surface area contributed by atoms with Gasteiger partial charge >= 0.3 is 0 Å². The molecule has 8 aromatic rings. The summed E-state index contributed by atoms with van der Waals surface area (Å²) in [4.78, 5) is 8.76. The SMILES string of the molecule is C=Cc1c(/C=C\C)n(-c2cc(-c3cc(-c4ccncc4)cc(-c4cccnc4)c3)cc(-n3c(/C=C\C)c(C=C)c4ccccc43)c2)c2ccccc12. The van der Waals surface area contributed by atoms with Crippen LogP contribution in [0.3, 0.4) is 0 Å². The molecule has 4 aromatic heterocycles. The van der Waals surface area contributed by atoms with E-state index in [0.29, 0.717) is 0 Å². The van der Waals surface area contributed by atoms with Crippen molar-refractivity contribution in [2.75, 3.05) is 0 Å². The number of allylic oxidation sites excluding steroid dienone is 2. The van der Waals surface area contributed by atoms with Gasteiger partial charge in [0.1, 0.15) is 0 Å². The summed E-state index contributed by atoms with van der Waals surface area (Å²) in [5.41, 5.74) is 15.2. The second-order valence-electron chi connectivity index (χ2n) is 12.7. The van der Waals surface area contributed by atoms with Gasteiger partial charge in [0.2, 0.25) is 0 Å². The average molecular weight is 671 g/mol. The van der Waals surface area contributed by atoms with Crippen molar-refractivity contribution in [2.45, 2.75) is 13.8 Å². The molecule has 0 amide bonds. The molecule has 0 unspecified atom stereocenters. The van der Waals surface area contributed by atoms with Crippen molar-refractivity contribution in [3.05, 3.63) is 182 Å². The molecule has 0 aliphatic carbocycles. The second kappa shape index (κ2) is 13.9. The minimum absolute atomic E-state index is 1.05. The number of rotatable bonds is 9. The maximum atomic E-state index is 4.46. The predicted molar refractivity (Wildman–Crippen MR) is 222 cm³/mol. The Balaban J connectivity index is 1.50. The number of para-hydroxylation sites is 2. The summed E-state index contributed by atoms with van der Waals surface area (Å²) >= 11 is 0. The van der Waals surface area contributed by atoms with E-state index in [4.69, 9.17) is 0 Å². The molecule has 8 rings (SSSR count). The third kappa shape index (κ3) is 5.61. The predicted octanol–water partition coefficient (Wildman–Crippen LogP) is 12.7. The van der Waals surface area contributed by atoms with Crippen molar-refractivity contribution in [3.63, 3.8) is 0 Å². The number of nitrogens with zero attached hydrogens (tertiary/aromatic N) is 4. The van der Waals surface area contributed by atoms with Crippen LogP contribution in [-0.4, -0.2) is 19.1 Å². The fourth-order valence-electron chi connectivity index (χ4n) is 7.42. The first-order chi connectivity index (χ1) is 25.6. The second-order valence-corrected chi connectivity index (χ2v) is 12.7. The van der Waals surface area contributed by atoms with Gasteiger partial charge in [0.15, 0.2) is 0 Å². The Morgan fingerprint density at radius 3 is 1.48 bits per heavy atom. The summed E-state index contributed by atoms with van der Waals surface area (Å²) in [5.74, 6) is 0. The van der Waals surface area contributed by atoms with E-state index in [1.807, 2.05) is 43.0 Å². The van der Waals surface area contributed by atoms with Gasteiger partial charge in [-0.1, -0.05) is 79.9 Å². The van der Waals surface area contributed by atoms with Gasteiger partial charge in [0.25, 0.3) is 0 Å². The van der Waals surface area contributed by atoms with Crippen LogP contribution in [0, 0.1) is 0 Å². The maximum Gasteiger partial charge on any atom is 0.0541 e. The zero-order valence-corrected chi connectivity index (χ0v) is 29.4. The van der Waals surface area contributed by atoms with Gasteiger partial charge in [-0.2, -0.15) is 0 Å². The quantitative estimate of drug-likeness (QED) is 0.153. The highest BCUT2D eigenvalue weighted by Crippen LogP contribution is 2.39. The summed E-state index contributed by atoms with van der Waals surface area (Å²) in [7, 11) is 0. The van der Waals surface area contributed by atoms with E-state index >= 15 is 0 Å². The summed E-state index contributed by atoms with van der Waals surface area (Å²) in [5, 5.41) is 2.32. The lowest BCUT2D eigenvalue weighted by atomic mass is 9.93. The Labute approximate surface area is 304 Å². The summed E-state index contributed by atoms with van der Waals surface area (Å²) in [6.45, 7) is 12.6. The number of pyridine rings is 2. The van der Waals surface area contributed by atoms with Crippen molar-refractivity contribution < 1.29 is 0 Å². The van der Waals surface area contributed by atoms with E-state index in [9.17, 15) is 0 Å². The third-order valence-electron chi connectivity index (χ3n) is 9.66. The standard InChI is InChI=1S/C48H38N4/c1-5-14-45-41(7-3)43-17-9-11-19-47(43)51(45)39-29-38(30-40(31-39)52-46(15-6-2)42(8-4)44-18-10-12-20-48(44)52)37-27-35(33-21-24-49-25-22-33)26-36(28-37)34-16-13-23-50-32-34/h5-32H,3-4H2,1-2H3/b14-5-,15-6-. The van der Waals surface area contributed by atoms with Crippen LogP contribution in [0.5, 0.6) is 0 Å². The monoisotopic (exact) mass is 670 g/mol. The van der Waals surface area contributed by atoms with Gasteiger partial charge in [0.05, 0.1) is 22.4 Å². The number of benzene rings is 4. The first kappa shape index (κ1) is 32.4.